The molecule has 0 atom stereocenters. The maximum absolute atomic E-state index is 4.06. The van der Waals surface area contributed by atoms with E-state index >= 15 is 0 Å². The molecular formula is C15H11N5. The first kappa shape index (κ1) is 12.1. The summed E-state index contributed by atoms with van der Waals surface area (Å²) in [6.07, 6.45) is 8.51. The van der Waals surface area contributed by atoms with Gasteiger partial charge in [-0.05, 0) is 12.1 Å². The standard InChI is InChI=1S/C8H6N2.C7H5N3/c1-2-4-8-6-10-9-5-7(8)3-1;1-2-6-7(9-3-1)10-5-4-8-6/h1-6H;1-5H. The van der Waals surface area contributed by atoms with Crippen molar-refractivity contribution < 1.29 is 0 Å². The summed E-state index contributed by atoms with van der Waals surface area (Å²) in [6, 6.07) is 11.7. The summed E-state index contributed by atoms with van der Waals surface area (Å²) in [5.74, 6) is 0. The number of benzene rings is 1. The van der Waals surface area contributed by atoms with Gasteiger partial charge in [0.05, 0.1) is 12.4 Å². The molecule has 96 valence electrons. The molecule has 5 heteroatoms. The van der Waals surface area contributed by atoms with Gasteiger partial charge in [0.1, 0.15) is 5.52 Å². The molecule has 0 saturated heterocycles. The maximum atomic E-state index is 4.06. The van der Waals surface area contributed by atoms with Crippen molar-refractivity contribution in [3.05, 3.63) is 67.4 Å². The number of fused-ring (bicyclic) bond motifs is 2. The van der Waals surface area contributed by atoms with Crippen molar-refractivity contribution in [3.8, 4) is 0 Å². The van der Waals surface area contributed by atoms with Crippen LogP contribution in [0.1, 0.15) is 0 Å². The average Bonchev–Trinajstić information content (AvgIpc) is 2.56. The lowest BCUT2D eigenvalue weighted by atomic mass is 10.2. The van der Waals surface area contributed by atoms with Crippen LogP contribution in [0.15, 0.2) is 67.4 Å². The smallest absolute Gasteiger partial charge is 0.178 e. The van der Waals surface area contributed by atoms with Crippen LogP contribution in [0.25, 0.3) is 21.9 Å². The fourth-order valence-electron chi connectivity index (χ4n) is 1.74. The predicted molar refractivity (Wildman–Crippen MR) is 76.9 cm³/mol. The van der Waals surface area contributed by atoms with Crippen molar-refractivity contribution in [2.75, 3.05) is 0 Å². The van der Waals surface area contributed by atoms with Gasteiger partial charge >= 0.3 is 0 Å². The summed E-state index contributed by atoms with van der Waals surface area (Å²) in [6.45, 7) is 0. The summed E-state index contributed by atoms with van der Waals surface area (Å²) in [5, 5.41) is 9.80. The Morgan fingerprint density at radius 2 is 1.25 bits per heavy atom. The van der Waals surface area contributed by atoms with E-state index in [2.05, 4.69) is 25.1 Å². The quantitative estimate of drug-likeness (QED) is 0.487. The summed E-state index contributed by atoms with van der Waals surface area (Å²) in [4.78, 5) is 12.1. The van der Waals surface area contributed by atoms with Gasteiger partial charge in [0.2, 0.25) is 0 Å². The number of hydrogen-bond acceptors (Lipinski definition) is 5. The van der Waals surface area contributed by atoms with E-state index in [9.17, 15) is 0 Å². The molecule has 0 radical (unpaired) electrons. The first-order valence-electron chi connectivity index (χ1n) is 6.11. The average molecular weight is 261 g/mol. The fraction of sp³-hybridized carbons (Fsp3) is 0. The zero-order valence-electron chi connectivity index (χ0n) is 10.6. The van der Waals surface area contributed by atoms with Gasteiger partial charge in [0, 0.05) is 29.4 Å². The largest absolute Gasteiger partial charge is 0.251 e. The van der Waals surface area contributed by atoms with Crippen LogP contribution >= 0.6 is 0 Å². The highest BCUT2D eigenvalue weighted by Crippen LogP contribution is 2.08. The molecule has 0 saturated carbocycles. The number of hydrogen-bond donors (Lipinski definition) is 0. The molecule has 0 unspecified atom stereocenters. The van der Waals surface area contributed by atoms with Crippen LogP contribution in [-0.4, -0.2) is 25.1 Å². The number of nitrogens with zero attached hydrogens (tertiary/aromatic N) is 5. The molecule has 3 heterocycles. The zero-order valence-corrected chi connectivity index (χ0v) is 10.6. The van der Waals surface area contributed by atoms with Crippen LogP contribution in [0, 0.1) is 0 Å². The lowest BCUT2D eigenvalue weighted by Gasteiger charge is -1.90. The summed E-state index contributed by atoms with van der Waals surface area (Å²) in [5.41, 5.74) is 1.54. The highest BCUT2D eigenvalue weighted by atomic mass is 15.1. The van der Waals surface area contributed by atoms with Crippen LogP contribution in [0.5, 0.6) is 0 Å². The highest BCUT2D eigenvalue weighted by Gasteiger charge is 1.90. The van der Waals surface area contributed by atoms with E-state index in [1.807, 2.05) is 36.4 Å². The summed E-state index contributed by atoms with van der Waals surface area (Å²) >= 11 is 0. The predicted octanol–water partition coefficient (Wildman–Crippen LogP) is 2.65. The normalized spacial score (nSPS) is 10.0. The Morgan fingerprint density at radius 1 is 0.600 bits per heavy atom. The maximum Gasteiger partial charge on any atom is 0.178 e. The van der Waals surface area contributed by atoms with Gasteiger partial charge in [-0.2, -0.15) is 10.2 Å². The molecule has 0 N–H and O–H groups in total. The molecule has 0 bridgehead atoms. The Labute approximate surface area is 115 Å². The van der Waals surface area contributed by atoms with Crippen LogP contribution < -0.4 is 0 Å². The van der Waals surface area contributed by atoms with E-state index < -0.39 is 0 Å². The van der Waals surface area contributed by atoms with E-state index in [0.29, 0.717) is 5.65 Å². The van der Waals surface area contributed by atoms with E-state index in [1.54, 1.807) is 31.0 Å². The Morgan fingerprint density at radius 3 is 1.95 bits per heavy atom. The van der Waals surface area contributed by atoms with Gasteiger partial charge in [-0.3, -0.25) is 4.98 Å². The molecule has 0 spiro atoms. The first-order valence-corrected chi connectivity index (χ1v) is 6.11. The minimum Gasteiger partial charge on any atom is -0.251 e. The number of rotatable bonds is 0. The monoisotopic (exact) mass is 261 g/mol. The summed E-state index contributed by atoms with van der Waals surface area (Å²) in [7, 11) is 0. The van der Waals surface area contributed by atoms with Crippen molar-refractivity contribution in [2.24, 2.45) is 0 Å². The lowest BCUT2D eigenvalue weighted by molar-refractivity contribution is 1.05. The third-order valence-electron chi connectivity index (χ3n) is 2.70. The molecule has 20 heavy (non-hydrogen) atoms. The highest BCUT2D eigenvalue weighted by molar-refractivity contribution is 5.80. The van der Waals surface area contributed by atoms with Crippen LogP contribution in [0.2, 0.25) is 0 Å². The number of pyridine rings is 1. The Hall–Kier alpha value is -2.95. The molecule has 0 aliphatic carbocycles. The van der Waals surface area contributed by atoms with Gasteiger partial charge in [0.25, 0.3) is 0 Å². The van der Waals surface area contributed by atoms with Gasteiger partial charge < -0.3 is 0 Å². The Balaban J connectivity index is 0.000000121. The van der Waals surface area contributed by atoms with Crippen molar-refractivity contribution in [3.63, 3.8) is 0 Å². The molecule has 0 aliphatic rings. The minimum atomic E-state index is 0.699. The topological polar surface area (TPSA) is 64.5 Å². The van der Waals surface area contributed by atoms with Gasteiger partial charge in [-0.1, -0.05) is 24.3 Å². The molecule has 1 aromatic carbocycles. The van der Waals surface area contributed by atoms with Gasteiger partial charge in [-0.15, -0.1) is 0 Å². The molecule has 5 nitrogen and oxygen atoms in total. The molecule has 3 aromatic heterocycles. The van der Waals surface area contributed by atoms with E-state index in [1.165, 1.54) is 0 Å². The van der Waals surface area contributed by atoms with Gasteiger partial charge in [0.15, 0.2) is 5.65 Å². The summed E-state index contributed by atoms with van der Waals surface area (Å²) < 4.78 is 0. The van der Waals surface area contributed by atoms with Crippen LogP contribution in [0.4, 0.5) is 0 Å². The molecule has 4 aromatic rings. The van der Waals surface area contributed by atoms with Gasteiger partial charge in [-0.25, -0.2) is 9.97 Å². The van der Waals surface area contributed by atoms with E-state index in [-0.39, 0.29) is 0 Å². The van der Waals surface area contributed by atoms with Crippen LogP contribution in [-0.2, 0) is 0 Å². The second-order valence-electron chi connectivity index (χ2n) is 4.02. The molecule has 4 rings (SSSR count). The molecule has 0 amide bonds. The molecule has 0 aliphatic heterocycles. The lowest BCUT2D eigenvalue weighted by Crippen LogP contribution is -1.83. The third-order valence-corrected chi connectivity index (χ3v) is 2.70. The number of aromatic nitrogens is 5. The fourth-order valence-corrected chi connectivity index (χ4v) is 1.74. The minimum absolute atomic E-state index is 0.699. The SMILES string of the molecule is c1ccc2cnncc2c1.c1cnc2nccnc2c1. The third kappa shape index (κ3) is 2.72. The van der Waals surface area contributed by atoms with Crippen molar-refractivity contribution >= 4 is 21.9 Å². The van der Waals surface area contributed by atoms with Crippen molar-refractivity contribution in [1.82, 2.24) is 25.1 Å². The molecular weight excluding hydrogens is 250 g/mol. The Kier molecular flexibility index (Phi) is 3.51. The van der Waals surface area contributed by atoms with Crippen LogP contribution in [0.3, 0.4) is 0 Å². The van der Waals surface area contributed by atoms with E-state index in [0.717, 1.165) is 16.3 Å². The second kappa shape index (κ2) is 5.79. The van der Waals surface area contributed by atoms with E-state index in [4.69, 9.17) is 0 Å². The Bertz CT molecular complexity index is 630. The zero-order chi connectivity index (χ0) is 13.6. The second-order valence-corrected chi connectivity index (χ2v) is 4.02. The van der Waals surface area contributed by atoms with Crippen molar-refractivity contribution in [2.45, 2.75) is 0 Å². The first-order chi connectivity index (χ1) is 9.93. The molecule has 0 fully saturated rings. The van der Waals surface area contributed by atoms with Crippen molar-refractivity contribution in [1.29, 1.82) is 0 Å².